The zero-order chi connectivity index (χ0) is 17.6. The number of nitrogens with two attached hydrogens (primary N) is 1. The highest BCUT2D eigenvalue weighted by molar-refractivity contribution is 5.84. The molecule has 1 aromatic rings. The maximum Gasteiger partial charge on any atom is 0.220 e. The van der Waals surface area contributed by atoms with Crippen LogP contribution >= 0.6 is 0 Å². The molecule has 0 aliphatic heterocycles. The minimum Gasteiger partial charge on any atom is -0.404 e. The molecule has 0 saturated carbocycles. The molecule has 7 heteroatoms. The summed E-state index contributed by atoms with van der Waals surface area (Å²) in [5.74, 6) is 5.87. The molecule has 3 N–H and O–H groups in total. The number of carbonyl (C=O) groups excluding carboxylic acids is 1. The van der Waals surface area contributed by atoms with Gasteiger partial charge < -0.3 is 11.1 Å². The summed E-state index contributed by atoms with van der Waals surface area (Å²) in [4.78, 5) is 15.6. The lowest BCUT2D eigenvalue weighted by Gasteiger charge is -2.01. The van der Waals surface area contributed by atoms with Crippen LogP contribution in [0.1, 0.15) is 44.7 Å². The number of nitrogens with zero attached hydrogens (tertiary/aromatic N) is 4. The van der Waals surface area contributed by atoms with E-state index >= 15 is 0 Å². The van der Waals surface area contributed by atoms with Crippen molar-refractivity contribution in [2.75, 3.05) is 7.05 Å². The number of carbonyl (C=O) groups is 1. The van der Waals surface area contributed by atoms with Gasteiger partial charge in [-0.3, -0.25) is 14.5 Å². The fraction of sp³-hybridized carbons (Fsp3) is 0.529. The number of rotatable bonds is 9. The topological polar surface area (TPSA) is 98.2 Å². The van der Waals surface area contributed by atoms with Crippen molar-refractivity contribution in [3.8, 4) is 11.8 Å². The first kappa shape index (κ1) is 19.4. The molecule has 0 fully saturated rings. The lowest BCUT2D eigenvalue weighted by Crippen LogP contribution is -2.22. The molecule has 1 heterocycles. The molecule has 0 aromatic carbocycles. The van der Waals surface area contributed by atoms with Crippen LogP contribution in [0.25, 0.3) is 0 Å². The number of aromatic nitrogens is 3. The predicted octanol–water partition coefficient (Wildman–Crippen LogP) is 1.41. The highest BCUT2D eigenvalue weighted by atomic mass is 16.1. The average Bonchev–Trinajstić information content (AvgIpc) is 3.04. The van der Waals surface area contributed by atoms with E-state index in [2.05, 4.69) is 39.4 Å². The average molecular weight is 330 g/mol. The van der Waals surface area contributed by atoms with E-state index in [1.165, 1.54) is 6.20 Å². The van der Waals surface area contributed by atoms with E-state index in [1.807, 2.05) is 10.9 Å². The van der Waals surface area contributed by atoms with Crippen LogP contribution < -0.4 is 11.1 Å². The second-order valence-corrected chi connectivity index (χ2v) is 5.27. The summed E-state index contributed by atoms with van der Waals surface area (Å²) < 4.78 is 1.81. The summed E-state index contributed by atoms with van der Waals surface area (Å²) in [6.45, 7) is 3.40. The number of aryl methyl sites for hydroxylation is 1. The third-order valence-electron chi connectivity index (χ3n) is 3.18. The lowest BCUT2D eigenvalue weighted by molar-refractivity contribution is -0.121. The fourth-order valence-corrected chi connectivity index (χ4v) is 1.88. The normalized spacial score (nSPS) is 11.3. The summed E-state index contributed by atoms with van der Waals surface area (Å²) in [5.41, 5.74) is 6.86. The van der Waals surface area contributed by atoms with E-state index in [9.17, 15) is 4.79 Å². The number of nitrogens with one attached hydrogen (secondary N) is 1. The Morgan fingerprint density at radius 2 is 2.33 bits per heavy atom. The molecule has 1 rings (SSSR count). The first-order chi connectivity index (χ1) is 11.7. The van der Waals surface area contributed by atoms with E-state index in [0.717, 1.165) is 25.1 Å². The molecule has 24 heavy (non-hydrogen) atoms. The number of allylic oxidation sites excluding steroid dienone is 1. The van der Waals surface area contributed by atoms with Crippen LogP contribution in [0.15, 0.2) is 23.0 Å². The van der Waals surface area contributed by atoms with Gasteiger partial charge in [0.1, 0.15) is 5.69 Å². The van der Waals surface area contributed by atoms with E-state index in [1.54, 1.807) is 13.3 Å². The Balaban J connectivity index is 2.23. The molecule has 1 aromatic heterocycles. The Labute approximate surface area is 143 Å². The van der Waals surface area contributed by atoms with Gasteiger partial charge in [-0.1, -0.05) is 30.4 Å². The van der Waals surface area contributed by atoms with Gasteiger partial charge >= 0.3 is 0 Å². The number of aliphatic imine (C=N–C) groups is 1. The number of hydrogen-bond acceptors (Lipinski definition) is 5. The molecule has 0 saturated heterocycles. The highest BCUT2D eigenvalue weighted by Crippen LogP contribution is 1.98. The van der Waals surface area contributed by atoms with Crippen molar-refractivity contribution in [1.29, 1.82) is 0 Å². The first-order valence-electron chi connectivity index (χ1n) is 8.18. The maximum absolute atomic E-state index is 11.8. The SMILES string of the molecule is CCCCn1cc(CNC(=O)CCCC#C/C(C=NC)=C/N)nn1. The Kier molecular flexibility index (Phi) is 9.62. The summed E-state index contributed by atoms with van der Waals surface area (Å²) in [6.07, 6.45) is 8.84. The van der Waals surface area contributed by atoms with Gasteiger partial charge in [0, 0.05) is 38.8 Å². The largest absolute Gasteiger partial charge is 0.404 e. The summed E-state index contributed by atoms with van der Waals surface area (Å²) in [6, 6.07) is 0. The van der Waals surface area contributed by atoms with Crippen molar-refractivity contribution in [3.05, 3.63) is 23.7 Å². The van der Waals surface area contributed by atoms with Crippen molar-refractivity contribution >= 4 is 12.1 Å². The summed E-state index contributed by atoms with van der Waals surface area (Å²) >= 11 is 0. The van der Waals surface area contributed by atoms with Gasteiger partial charge in [0.25, 0.3) is 0 Å². The minimum atomic E-state index is -0.00961. The Morgan fingerprint density at radius 1 is 1.50 bits per heavy atom. The molecular formula is C17H26N6O. The third-order valence-corrected chi connectivity index (χ3v) is 3.18. The van der Waals surface area contributed by atoms with Crippen molar-refractivity contribution in [2.24, 2.45) is 10.7 Å². The van der Waals surface area contributed by atoms with Gasteiger partial charge in [-0.15, -0.1) is 5.10 Å². The fourth-order valence-electron chi connectivity index (χ4n) is 1.88. The minimum absolute atomic E-state index is 0.00961. The molecule has 1 amide bonds. The van der Waals surface area contributed by atoms with Gasteiger partial charge in [0.2, 0.25) is 5.91 Å². The van der Waals surface area contributed by atoms with Crippen LogP contribution in [0.3, 0.4) is 0 Å². The Hall–Kier alpha value is -2.62. The van der Waals surface area contributed by atoms with Crippen LogP contribution in [0.4, 0.5) is 0 Å². The number of unbranched alkanes of at least 4 members (excludes halogenated alkanes) is 2. The molecule has 0 aliphatic carbocycles. The van der Waals surface area contributed by atoms with Crippen LogP contribution in [0.2, 0.25) is 0 Å². The number of amides is 1. The standard InChI is InChI=1S/C17H26N6O/c1-3-4-10-23-14-16(21-22-23)13-20-17(24)9-7-5-6-8-15(11-18)12-19-2/h11-12,14H,3-5,7,9-10,13,18H2,1-2H3,(H,20,24)/b15-11-,19-12?. The van der Waals surface area contributed by atoms with Crippen molar-refractivity contribution in [3.63, 3.8) is 0 Å². The van der Waals surface area contributed by atoms with E-state index in [4.69, 9.17) is 5.73 Å². The van der Waals surface area contributed by atoms with Crippen LogP contribution in [0.5, 0.6) is 0 Å². The van der Waals surface area contributed by atoms with Crippen molar-refractivity contribution in [1.82, 2.24) is 20.3 Å². The highest BCUT2D eigenvalue weighted by Gasteiger charge is 2.04. The van der Waals surface area contributed by atoms with E-state index in [0.29, 0.717) is 31.4 Å². The van der Waals surface area contributed by atoms with Gasteiger partial charge in [0.15, 0.2) is 0 Å². The van der Waals surface area contributed by atoms with Gasteiger partial charge in [0.05, 0.1) is 18.3 Å². The Bertz CT molecular complexity index is 621. The summed E-state index contributed by atoms with van der Waals surface area (Å²) in [7, 11) is 1.66. The second-order valence-electron chi connectivity index (χ2n) is 5.27. The zero-order valence-corrected chi connectivity index (χ0v) is 14.5. The Morgan fingerprint density at radius 3 is 3.04 bits per heavy atom. The molecule has 0 unspecified atom stereocenters. The smallest absolute Gasteiger partial charge is 0.220 e. The second kappa shape index (κ2) is 11.9. The van der Waals surface area contributed by atoms with Crippen LogP contribution in [-0.4, -0.2) is 34.2 Å². The van der Waals surface area contributed by atoms with Crippen molar-refractivity contribution < 1.29 is 4.79 Å². The molecule has 130 valence electrons. The number of hydrogen-bond donors (Lipinski definition) is 2. The molecule has 7 nitrogen and oxygen atoms in total. The van der Waals surface area contributed by atoms with Crippen molar-refractivity contribution in [2.45, 2.75) is 52.1 Å². The lowest BCUT2D eigenvalue weighted by atomic mass is 10.2. The van der Waals surface area contributed by atoms with Crippen LogP contribution in [0, 0.1) is 11.8 Å². The van der Waals surface area contributed by atoms with Gasteiger partial charge in [-0.25, -0.2) is 0 Å². The van der Waals surface area contributed by atoms with Crippen LogP contribution in [-0.2, 0) is 17.9 Å². The molecule has 0 aliphatic rings. The quantitative estimate of drug-likeness (QED) is 0.406. The summed E-state index contributed by atoms with van der Waals surface area (Å²) in [5, 5.41) is 10.9. The van der Waals surface area contributed by atoms with E-state index in [-0.39, 0.29) is 5.91 Å². The monoisotopic (exact) mass is 330 g/mol. The zero-order valence-electron chi connectivity index (χ0n) is 14.5. The predicted molar refractivity (Wildman–Crippen MR) is 95.1 cm³/mol. The molecule has 0 radical (unpaired) electrons. The molecule has 0 bridgehead atoms. The van der Waals surface area contributed by atoms with Gasteiger partial charge in [-0.05, 0) is 12.8 Å². The maximum atomic E-state index is 11.8. The molecule has 0 spiro atoms. The third kappa shape index (κ3) is 8.13. The molecular weight excluding hydrogens is 304 g/mol. The molecule has 0 atom stereocenters. The van der Waals surface area contributed by atoms with Gasteiger partial charge in [-0.2, -0.15) is 0 Å². The van der Waals surface area contributed by atoms with E-state index < -0.39 is 0 Å². The first-order valence-corrected chi connectivity index (χ1v) is 8.18.